The number of aryl methyl sites for hydroxylation is 2. The minimum absolute atomic E-state index is 0.767. The average molecular weight is 235 g/mol. The highest BCUT2D eigenvalue weighted by molar-refractivity contribution is 7.89. The summed E-state index contributed by atoms with van der Waals surface area (Å²) in [5.41, 5.74) is 4.26. The standard InChI is InChI=1S/C11H14BNO2S/c1-7-6-10-9(8(2)11(7)12)4-5-13(10)16(3,14)15/h4-6H,12H2,1-3H3. The van der Waals surface area contributed by atoms with Gasteiger partial charge < -0.3 is 0 Å². The van der Waals surface area contributed by atoms with Crippen molar-refractivity contribution < 1.29 is 8.42 Å². The van der Waals surface area contributed by atoms with Crippen LogP contribution in [0, 0.1) is 13.8 Å². The molecule has 0 aliphatic carbocycles. The van der Waals surface area contributed by atoms with E-state index in [1.807, 2.05) is 26.0 Å². The predicted octanol–water partition coefficient (Wildman–Crippen LogP) is 0.324. The molecule has 0 aliphatic rings. The molecule has 0 aliphatic heterocycles. The lowest BCUT2D eigenvalue weighted by Gasteiger charge is -2.08. The molecule has 0 N–H and O–H groups in total. The van der Waals surface area contributed by atoms with Gasteiger partial charge in [0.15, 0.2) is 0 Å². The second kappa shape index (κ2) is 3.38. The summed E-state index contributed by atoms with van der Waals surface area (Å²) < 4.78 is 24.5. The fourth-order valence-electron chi connectivity index (χ4n) is 1.99. The van der Waals surface area contributed by atoms with E-state index in [1.165, 1.54) is 15.7 Å². The Morgan fingerprint density at radius 3 is 2.50 bits per heavy atom. The Morgan fingerprint density at radius 2 is 1.94 bits per heavy atom. The van der Waals surface area contributed by atoms with E-state index in [0.717, 1.165) is 22.0 Å². The molecule has 5 heteroatoms. The van der Waals surface area contributed by atoms with Crippen LogP contribution in [-0.4, -0.2) is 26.5 Å². The number of rotatable bonds is 1. The Labute approximate surface area is 96.5 Å². The van der Waals surface area contributed by atoms with Crippen LogP contribution in [0.2, 0.25) is 0 Å². The van der Waals surface area contributed by atoms with Crippen molar-refractivity contribution in [2.24, 2.45) is 0 Å². The third kappa shape index (κ3) is 1.55. The summed E-state index contributed by atoms with van der Waals surface area (Å²) in [6, 6.07) is 3.79. The lowest BCUT2D eigenvalue weighted by molar-refractivity contribution is 0.595. The molecule has 1 aromatic heterocycles. The maximum absolute atomic E-state index is 11.6. The van der Waals surface area contributed by atoms with E-state index in [1.54, 1.807) is 6.20 Å². The molecule has 3 nitrogen and oxygen atoms in total. The average Bonchev–Trinajstić information content (AvgIpc) is 2.57. The van der Waals surface area contributed by atoms with Crippen LogP contribution in [0.15, 0.2) is 18.3 Å². The van der Waals surface area contributed by atoms with Crippen LogP contribution >= 0.6 is 0 Å². The topological polar surface area (TPSA) is 39.1 Å². The number of benzene rings is 1. The number of hydrogen-bond donors (Lipinski definition) is 0. The Kier molecular flexibility index (Phi) is 2.38. The highest BCUT2D eigenvalue weighted by Gasteiger charge is 2.12. The highest BCUT2D eigenvalue weighted by Crippen LogP contribution is 2.21. The van der Waals surface area contributed by atoms with Crippen molar-refractivity contribution in [1.82, 2.24) is 3.97 Å². The van der Waals surface area contributed by atoms with Gasteiger partial charge in [0.05, 0.1) is 11.8 Å². The Morgan fingerprint density at radius 1 is 1.31 bits per heavy atom. The first-order chi connectivity index (χ1) is 7.32. The molecule has 0 saturated heterocycles. The van der Waals surface area contributed by atoms with Crippen LogP contribution in [0.5, 0.6) is 0 Å². The fourth-order valence-corrected chi connectivity index (χ4v) is 2.78. The summed E-state index contributed by atoms with van der Waals surface area (Å²) in [7, 11) is -1.16. The molecule has 0 spiro atoms. The van der Waals surface area contributed by atoms with Gasteiger partial charge in [-0.25, -0.2) is 12.4 Å². The molecule has 0 bridgehead atoms. The van der Waals surface area contributed by atoms with Gasteiger partial charge in [0.1, 0.15) is 7.85 Å². The number of hydrogen-bond acceptors (Lipinski definition) is 2. The van der Waals surface area contributed by atoms with Crippen LogP contribution in [0.3, 0.4) is 0 Å². The molecule has 84 valence electrons. The van der Waals surface area contributed by atoms with E-state index in [4.69, 9.17) is 0 Å². The lowest BCUT2D eigenvalue weighted by atomic mass is 9.85. The zero-order chi connectivity index (χ0) is 12.1. The predicted molar refractivity (Wildman–Crippen MR) is 69.8 cm³/mol. The molecule has 0 atom stereocenters. The minimum atomic E-state index is -3.22. The quantitative estimate of drug-likeness (QED) is 0.668. The first-order valence-electron chi connectivity index (χ1n) is 5.11. The first-order valence-corrected chi connectivity index (χ1v) is 6.95. The summed E-state index contributed by atoms with van der Waals surface area (Å²) >= 11 is 0. The summed E-state index contributed by atoms with van der Waals surface area (Å²) in [6.07, 6.45) is 2.84. The van der Waals surface area contributed by atoms with E-state index in [0.29, 0.717) is 0 Å². The summed E-state index contributed by atoms with van der Waals surface area (Å²) in [5.74, 6) is 0. The van der Waals surface area contributed by atoms with Crippen molar-refractivity contribution in [3.05, 3.63) is 29.5 Å². The SMILES string of the molecule is Bc1c(C)cc2c(ccn2S(C)(=O)=O)c1C. The Balaban J connectivity index is 2.95. The maximum atomic E-state index is 11.6. The number of nitrogens with zero attached hydrogens (tertiary/aromatic N) is 1. The Bertz CT molecular complexity index is 671. The van der Waals surface area contributed by atoms with Gasteiger partial charge in [0.2, 0.25) is 10.0 Å². The van der Waals surface area contributed by atoms with E-state index < -0.39 is 10.0 Å². The summed E-state index contributed by atoms with van der Waals surface area (Å²) in [6.45, 7) is 4.03. The fraction of sp³-hybridized carbons (Fsp3) is 0.273. The molecule has 0 radical (unpaired) electrons. The zero-order valence-corrected chi connectivity index (χ0v) is 10.7. The molecule has 1 heterocycles. The first kappa shape index (κ1) is 11.3. The third-order valence-corrected chi connectivity index (χ3v) is 4.19. The van der Waals surface area contributed by atoms with E-state index in [2.05, 4.69) is 7.85 Å². The van der Waals surface area contributed by atoms with Gasteiger partial charge in [-0.1, -0.05) is 11.0 Å². The molecular weight excluding hydrogens is 221 g/mol. The summed E-state index contributed by atoms with van der Waals surface area (Å²) in [5, 5.41) is 1.01. The molecule has 0 fully saturated rings. The van der Waals surface area contributed by atoms with Crippen molar-refractivity contribution >= 4 is 34.2 Å². The monoisotopic (exact) mass is 235 g/mol. The van der Waals surface area contributed by atoms with Crippen molar-refractivity contribution in [2.45, 2.75) is 13.8 Å². The van der Waals surface area contributed by atoms with Gasteiger partial charge in [-0.3, -0.25) is 0 Å². The van der Waals surface area contributed by atoms with Gasteiger partial charge in [-0.05, 0) is 31.5 Å². The second-order valence-corrected chi connectivity index (χ2v) is 6.11. The van der Waals surface area contributed by atoms with Crippen LogP contribution in [0.4, 0.5) is 0 Å². The largest absolute Gasteiger partial charge is 0.245 e. The molecule has 2 aromatic rings. The van der Waals surface area contributed by atoms with Crippen molar-refractivity contribution in [1.29, 1.82) is 0 Å². The van der Waals surface area contributed by atoms with E-state index >= 15 is 0 Å². The van der Waals surface area contributed by atoms with Gasteiger partial charge in [0.25, 0.3) is 0 Å². The molecule has 0 unspecified atom stereocenters. The smallest absolute Gasteiger partial charge is 0.236 e. The van der Waals surface area contributed by atoms with Crippen LogP contribution in [0.1, 0.15) is 11.1 Å². The number of fused-ring (bicyclic) bond motifs is 1. The normalized spacial score (nSPS) is 12.2. The molecule has 0 amide bonds. The van der Waals surface area contributed by atoms with E-state index in [-0.39, 0.29) is 0 Å². The van der Waals surface area contributed by atoms with Crippen molar-refractivity contribution in [3.63, 3.8) is 0 Å². The molecule has 1 aromatic carbocycles. The van der Waals surface area contributed by atoms with E-state index in [9.17, 15) is 8.42 Å². The zero-order valence-electron chi connectivity index (χ0n) is 9.90. The van der Waals surface area contributed by atoms with Gasteiger partial charge in [-0.2, -0.15) is 0 Å². The van der Waals surface area contributed by atoms with Gasteiger partial charge >= 0.3 is 0 Å². The number of aromatic nitrogens is 1. The van der Waals surface area contributed by atoms with Crippen LogP contribution < -0.4 is 5.46 Å². The van der Waals surface area contributed by atoms with Crippen LogP contribution in [-0.2, 0) is 10.0 Å². The van der Waals surface area contributed by atoms with Crippen LogP contribution in [0.25, 0.3) is 10.9 Å². The van der Waals surface area contributed by atoms with Crippen molar-refractivity contribution in [3.8, 4) is 0 Å². The molecule has 0 saturated carbocycles. The Hall–Kier alpha value is -1.23. The molecule has 16 heavy (non-hydrogen) atoms. The van der Waals surface area contributed by atoms with Crippen molar-refractivity contribution in [2.75, 3.05) is 6.26 Å². The highest BCUT2D eigenvalue weighted by atomic mass is 32.2. The van der Waals surface area contributed by atoms with Gasteiger partial charge in [-0.15, -0.1) is 0 Å². The summed E-state index contributed by atoms with van der Waals surface area (Å²) in [4.78, 5) is 0. The van der Waals surface area contributed by atoms with Gasteiger partial charge in [0, 0.05) is 11.6 Å². The molecule has 2 rings (SSSR count). The lowest BCUT2D eigenvalue weighted by Crippen LogP contribution is -2.13. The third-order valence-electron chi connectivity index (χ3n) is 3.16. The second-order valence-electron chi connectivity index (χ2n) is 4.25. The molecular formula is C11H14BNO2S. The maximum Gasteiger partial charge on any atom is 0.236 e. The minimum Gasteiger partial charge on any atom is -0.245 e.